The van der Waals surface area contributed by atoms with E-state index in [4.69, 9.17) is 9.66 Å². The molecule has 0 saturated carbocycles. The molecule has 1 amide bonds. The van der Waals surface area contributed by atoms with E-state index < -0.39 is 33.3 Å². The van der Waals surface area contributed by atoms with E-state index in [0.717, 1.165) is 0 Å². The van der Waals surface area contributed by atoms with Crippen LogP contribution in [0.4, 0.5) is 0 Å². The van der Waals surface area contributed by atoms with Gasteiger partial charge in [-0.1, -0.05) is 13.8 Å². The van der Waals surface area contributed by atoms with Gasteiger partial charge in [-0.15, -0.1) is 0 Å². The zero-order chi connectivity index (χ0) is 13.0. The van der Waals surface area contributed by atoms with Crippen molar-refractivity contribution in [1.82, 2.24) is 5.32 Å². The Labute approximate surface area is 123 Å². The zero-order valence-electron chi connectivity index (χ0n) is 10.2. The van der Waals surface area contributed by atoms with Crippen molar-refractivity contribution in [3.8, 4) is 0 Å². The Morgan fingerprint density at radius 3 is 2.24 bits per heavy atom. The third kappa shape index (κ3) is 8.09. The summed E-state index contributed by atoms with van der Waals surface area (Å²) in [6.45, 7) is 2.29. The molecule has 0 aromatic carbocycles. The molecule has 0 saturated heterocycles. The van der Waals surface area contributed by atoms with Gasteiger partial charge in [-0.3, -0.25) is 9.35 Å². The van der Waals surface area contributed by atoms with Crippen LogP contribution in [-0.2, 0) is 14.9 Å². The van der Waals surface area contributed by atoms with E-state index in [1.165, 1.54) is 13.8 Å². The Bertz CT molecular complexity index is 342. The van der Waals surface area contributed by atoms with Crippen LogP contribution in [0.3, 0.4) is 0 Å². The molecule has 17 heavy (non-hydrogen) atoms. The summed E-state index contributed by atoms with van der Waals surface area (Å²) in [4.78, 5) is 11.3. The number of amides is 1. The fourth-order valence-electron chi connectivity index (χ4n) is 0.841. The normalized spacial score (nSPS) is 13.7. The molecule has 1 radical (unpaired) electrons. The fraction of sp³-hybridized carbons (Fsp3) is 0.875. The second-order valence-electron chi connectivity index (χ2n) is 4.13. The van der Waals surface area contributed by atoms with Crippen LogP contribution in [0, 0.1) is 5.41 Å². The number of aliphatic hydroxyl groups excluding tert-OH is 2. The van der Waals surface area contributed by atoms with Crippen LogP contribution in [0.1, 0.15) is 13.8 Å². The minimum absolute atomic E-state index is 0. The van der Waals surface area contributed by atoms with Crippen molar-refractivity contribution >= 4 is 45.6 Å². The van der Waals surface area contributed by atoms with Gasteiger partial charge in [0.2, 0.25) is 5.91 Å². The molecule has 7 nitrogen and oxygen atoms in total. The maximum absolute atomic E-state index is 11.3. The van der Waals surface area contributed by atoms with Crippen molar-refractivity contribution in [2.45, 2.75) is 20.0 Å². The van der Waals surface area contributed by atoms with Gasteiger partial charge in [0.05, 0.1) is 12.4 Å². The quantitative estimate of drug-likeness (QED) is 0.329. The third-order valence-corrected chi connectivity index (χ3v) is 2.78. The summed E-state index contributed by atoms with van der Waals surface area (Å²) in [5.41, 5.74) is -1.01. The predicted octanol–water partition coefficient (Wildman–Crippen LogP) is -2.01. The van der Waals surface area contributed by atoms with Gasteiger partial charge in [0, 0.05) is 41.5 Å². The number of hydrogen-bond donors (Lipinski definition) is 4. The van der Waals surface area contributed by atoms with Gasteiger partial charge < -0.3 is 15.5 Å². The maximum Gasteiger partial charge on any atom is 0.266 e. The third-order valence-electron chi connectivity index (χ3n) is 2.06. The summed E-state index contributed by atoms with van der Waals surface area (Å²) >= 11 is 0. The van der Waals surface area contributed by atoms with E-state index in [1.54, 1.807) is 0 Å². The van der Waals surface area contributed by atoms with Crippen molar-refractivity contribution in [1.29, 1.82) is 0 Å². The first-order valence-corrected chi connectivity index (χ1v) is 6.23. The topological polar surface area (TPSA) is 124 Å². The van der Waals surface area contributed by atoms with Crippen molar-refractivity contribution < 1.29 is 28.0 Å². The van der Waals surface area contributed by atoms with E-state index in [1.807, 2.05) is 0 Å². The molecule has 0 heterocycles. The number of carbonyl (C=O) groups is 1. The van der Waals surface area contributed by atoms with Crippen LogP contribution in [-0.4, -0.2) is 83.7 Å². The fourth-order valence-corrected chi connectivity index (χ4v) is 1.20. The van der Waals surface area contributed by atoms with E-state index in [0.29, 0.717) is 0 Å². The average molecular weight is 278 g/mol. The number of aliphatic hydroxyl groups is 2. The molecule has 0 aromatic heterocycles. The molecule has 0 fully saturated rings. The molecule has 0 aliphatic heterocycles. The van der Waals surface area contributed by atoms with E-state index in [9.17, 15) is 18.3 Å². The van der Waals surface area contributed by atoms with Gasteiger partial charge in [0.15, 0.2) is 0 Å². The van der Waals surface area contributed by atoms with Crippen molar-refractivity contribution in [2.24, 2.45) is 5.41 Å². The number of nitrogens with one attached hydrogen (secondary N) is 1. The first-order chi connectivity index (χ1) is 7.10. The second kappa shape index (κ2) is 7.67. The first kappa shape index (κ1) is 19.6. The zero-order valence-corrected chi connectivity index (χ0v) is 13.0. The molecule has 9 heteroatoms. The van der Waals surface area contributed by atoms with Crippen molar-refractivity contribution in [3.63, 3.8) is 0 Å². The van der Waals surface area contributed by atoms with Gasteiger partial charge in [0.1, 0.15) is 6.10 Å². The molecule has 0 aromatic rings. The predicted molar refractivity (Wildman–Crippen MR) is 62.1 cm³/mol. The summed E-state index contributed by atoms with van der Waals surface area (Å²) in [6, 6.07) is 0. The minimum atomic E-state index is -4.13. The van der Waals surface area contributed by atoms with Crippen LogP contribution in [0.2, 0.25) is 0 Å². The number of rotatable bonds is 6. The Kier molecular flexibility index (Phi) is 8.86. The Morgan fingerprint density at radius 2 is 1.88 bits per heavy atom. The summed E-state index contributed by atoms with van der Waals surface area (Å²) < 4.78 is 29.1. The Balaban J connectivity index is 0. The molecule has 0 aliphatic carbocycles. The molecular weight excluding hydrogens is 261 g/mol. The van der Waals surface area contributed by atoms with Gasteiger partial charge in [-0.25, -0.2) is 0 Å². The van der Waals surface area contributed by atoms with Crippen LogP contribution in [0.15, 0.2) is 0 Å². The second-order valence-corrected chi connectivity index (χ2v) is 5.70. The molecule has 97 valence electrons. The van der Waals surface area contributed by atoms with Gasteiger partial charge in [-0.05, 0) is 0 Å². The van der Waals surface area contributed by atoms with Crippen molar-refractivity contribution in [2.75, 3.05) is 18.9 Å². The SMILES string of the molecule is CC(C)(CO)C(O)C(=O)NCCS(=O)(=O)O.[Na]. The van der Waals surface area contributed by atoms with Crippen LogP contribution in [0.5, 0.6) is 0 Å². The molecule has 0 aliphatic rings. The summed E-state index contributed by atoms with van der Waals surface area (Å²) in [5, 5.41) is 20.5. The summed E-state index contributed by atoms with van der Waals surface area (Å²) in [7, 11) is -4.13. The number of hydrogen-bond acceptors (Lipinski definition) is 5. The molecule has 0 spiro atoms. The Morgan fingerprint density at radius 1 is 1.41 bits per heavy atom. The van der Waals surface area contributed by atoms with E-state index >= 15 is 0 Å². The molecule has 0 bridgehead atoms. The van der Waals surface area contributed by atoms with Gasteiger partial charge in [0.25, 0.3) is 10.1 Å². The van der Waals surface area contributed by atoms with Gasteiger partial charge in [-0.2, -0.15) is 8.42 Å². The first-order valence-electron chi connectivity index (χ1n) is 4.62. The standard InChI is InChI=1S/C8H17NO6S.Na/c1-8(2,5-10)6(11)7(12)9-3-4-16(13,14)15;/h6,10-11H,3-5H2,1-2H3,(H,9,12)(H,13,14,15);. The van der Waals surface area contributed by atoms with Crippen LogP contribution in [0.25, 0.3) is 0 Å². The van der Waals surface area contributed by atoms with Gasteiger partial charge >= 0.3 is 0 Å². The van der Waals surface area contributed by atoms with E-state index in [-0.39, 0.29) is 42.7 Å². The molecule has 1 atom stereocenters. The molecule has 0 rings (SSSR count). The summed E-state index contributed by atoms with van der Waals surface area (Å²) in [6.07, 6.45) is -1.45. The van der Waals surface area contributed by atoms with Crippen molar-refractivity contribution in [3.05, 3.63) is 0 Å². The van der Waals surface area contributed by atoms with Crippen LogP contribution >= 0.6 is 0 Å². The molecule has 1 unspecified atom stereocenters. The smallest absolute Gasteiger partial charge is 0.266 e. The van der Waals surface area contributed by atoms with Crippen LogP contribution < -0.4 is 5.32 Å². The maximum atomic E-state index is 11.3. The summed E-state index contributed by atoms with van der Waals surface area (Å²) in [5.74, 6) is -1.41. The number of carbonyl (C=O) groups excluding carboxylic acids is 1. The Hall–Kier alpha value is 0.300. The molecular formula is C8H17NNaO6S. The van der Waals surface area contributed by atoms with E-state index in [2.05, 4.69) is 5.32 Å². The largest absolute Gasteiger partial charge is 0.396 e. The monoisotopic (exact) mass is 278 g/mol. The average Bonchev–Trinajstić information content (AvgIpc) is 2.14. The molecule has 4 N–H and O–H groups in total. The minimum Gasteiger partial charge on any atom is -0.396 e.